The average Bonchev–Trinajstić information content (AvgIpc) is 2.36. The molecule has 0 aliphatic heterocycles. The van der Waals surface area contributed by atoms with E-state index in [1.807, 2.05) is 0 Å². The predicted octanol–water partition coefficient (Wildman–Crippen LogP) is -1.37. The summed E-state index contributed by atoms with van der Waals surface area (Å²) in [5.74, 6) is -1.19. The number of aliphatic carboxylic acids is 1. The van der Waals surface area contributed by atoms with Gasteiger partial charge in [-0.3, -0.25) is 28.8 Å². The molecule has 0 bridgehead atoms. The van der Waals surface area contributed by atoms with Crippen LogP contribution in [0.25, 0.3) is 0 Å². The maximum atomic E-state index is 9.87. The van der Waals surface area contributed by atoms with Gasteiger partial charge in [0.15, 0.2) is 25.1 Å². The van der Waals surface area contributed by atoms with Crippen molar-refractivity contribution in [2.45, 2.75) is 13.8 Å². The Kier molecular flexibility index (Phi) is 74.6. The third-order valence-electron chi connectivity index (χ3n) is 0.508. The van der Waals surface area contributed by atoms with Gasteiger partial charge in [0.05, 0.1) is 6.61 Å². The number of carboxylic acid groups (broad SMARTS) is 1. The van der Waals surface area contributed by atoms with Crippen LogP contribution in [0.4, 0.5) is 0 Å². The van der Waals surface area contributed by atoms with E-state index in [1.165, 1.54) is 6.92 Å². The van der Waals surface area contributed by atoms with Crippen LogP contribution in [0.2, 0.25) is 0 Å². The van der Waals surface area contributed by atoms with Gasteiger partial charge < -0.3 is 14.9 Å². The van der Waals surface area contributed by atoms with Gasteiger partial charge in [0.2, 0.25) is 0 Å². The smallest absolute Gasteiger partial charge is 0.302 e. The molecule has 0 fully saturated rings. The molecule has 2 N–H and O–H groups in total. The summed E-state index contributed by atoms with van der Waals surface area (Å²) in [6.07, 6.45) is 0.778. The lowest BCUT2D eigenvalue weighted by Crippen LogP contribution is -2.03. The van der Waals surface area contributed by atoms with Crippen LogP contribution >= 0.6 is 27.0 Å². The van der Waals surface area contributed by atoms with Gasteiger partial charge in [-0.05, 0) is 0 Å². The predicted molar refractivity (Wildman–Crippen MR) is 82.0 cm³/mol. The molecule has 11 heteroatoms. The Morgan fingerprint density at radius 2 is 1.14 bits per heavy atom. The molecule has 0 heterocycles. The van der Waals surface area contributed by atoms with E-state index in [-0.39, 0.29) is 71.3 Å². The van der Waals surface area contributed by atoms with Crippen molar-refractivity contribution < 1.29 is 43.7 Å². The number of aliphatic hydroxyl groups excluding tert-OH is 1. The normalized spacial score (nSPS) is 5.86. The van der Waals surface area contributed by atoms with Gasteiger partial charge in [-0.25, -0.2) is 0 Å². The molecular formula is C10H20O9S2. The lowest BCUT2D eigenvalue weighted by atomic mass is 10.7. The molecule has 0 unspecified atom stereocenters. The van der Waals surface area contributed by atoms with E-state index in [0.29, 0.717) is 0 Å². The molecule has 0 saturated carbocycles. The number of aliphatic hydroxyl groups is 1. The van der Waals surface area contributed by atoms with E-state index in [1.54, 1.807) is 0 Å². The first kappa shape index (κ1) is 36.5. The fraction of sp³-hybridized carbons (Fsp3) is 0.400. The van der Waals surface area contributed by atoms with Crippen LogP contribution in [-0.2, 0) is 33.5 Å². The highest BCUT2D eigenvalue weighted by Gasteiger charge is 1.86. The summed E-state index contributed by atoms with van der Waals surface area (Å²) in [5, 5.41) is 15.5. The fourth-order valence-corrected chi connectivity index (χ4v) is 0.189. The molecule has 0 saturated heterocycles. The van der Waals surface area contributed by atoms with E-state index in [9.17, 15) is 4.79 Å². The molecule has 0 aromatic heterocycles. The topological polar surface area (TPSA) is 152 Å². The molecule has 0 aromatic carbocycles. The molecule has 0 radical (unpaired) electrons. The molecule has 0 atom stereocenters. The lowest BCUT2D eigenvalue weighted by Gasteiger charge is -1.93. The van der Waals surface area contributed by atoms with Crippen LogP contribution in [0, 0.1) is 0 Å². The summed E-state index contributed by atoms with van der Waals surface area (Å²) < 4.78 is 4.30. The van der Waals surface area contributed by atoms with Crippen molar-refractivity contribution in [3.8, 4) is 0 Å². The van der Waals surface area contributed by atoms with Gasteiger partial charge in [-0.1, -0.05) is 0 Å². The molecular weight excluding hydrogens is 328 g/mol. The van der Waals surface area contributed by atoms with Gasteiger partial charge in [0, 0.05) is 13.8 Å². The molecule has 0 rings (SSSR count). The Labute approximate surface area is 135 Å². The van der Waals surface area contributed by atoms with E-state index in [4.69, 9.17) is 34.2 Å². The van der Waals surface area contributed by atoms with Gasteiger partial charge in [-0.15, -0.1) is 0 Å². The first-order valence-electron chi connectivity index (χ1n) is 4.55. The zero-order valence-corrected chi connectivity index (χ0v) is 13.5. The second kappa shape index (κ2) is 42.9. The van der Waals surface area contributed by atoms with Crippen LogP contribution in [0.1, 0.15) is 13.8 Å². The average molecular weight is 348 g/mol. The summed E-state index contributed by atoms with van der Waals surface area (Å²) in [6, 6.07) is 0. The Morgan fingerprint density at radius 1 is 0.905 bits per heavy atom. The summed E-state index contributed by atoms with van der Waals surface area (Å²) in [5.41, 5.74) is 0. The minimum Gasteiger partial charge on any atom is -0.481 e. The molecule has 0 aliphatic rings. The quantitative estimate of drug-likeness (QED) is 0.356. The summed E-state index contributed by atoms with van der Waals surface area (Å²) in [6.45, 7) is 2.39. The standard InChI is InChI=1S/C4H8O3.C2H4O2.2C2H2O2.2H2S/c1-4(6)7-3-2-5;1-2(3)4;2*3-1-2-4;;/h5H,2-3H2,1H3;1H3,(H,3,4);2*1-2H;2*1H2. The fourth-order valence-electron chi connectivity index (χ4n) is 0.189. The molecule has 0 amide bonds. The van der Waals surface area contributed by atoms with Crippen LogP contribution in [0.3, 0.4) is 0 Å². The van der Waals surface area contributed by atoms with Crippen LogP contribution in [0.15, 0.2) is 0 Å². The van der Waals surface area contributed by atoms with E-state index in [2.05, 4.69) is 4.74 Å². The zero-order valence-electron chi connectivity index (χ0n) is 11.5. The highest BCUT2D eigenvalue weighted by Crippen LogP contribution is 1.71. The van der Waals surface area contributed by atoms with E-state index >= 15 is 0 Å². The molecule has 21 heavy (non-hydrogen) atoms. The third-order valence-corrected chi connectivity index (χ3v) is 0.508. The van der Waals surface area contributed by atoms with Crippen LogP contribution in [0.5, 0.6) is 0 Å². The van der Waals surface area contributed by atoms with E-state index in [0.717, 1.165) is 6.92 Å². The number of rotatable bonds is 4. The largest absolute Gasteiger partial charge is 0.481 e. The second-order valence-corrected chi connectivity index (χ2v) is 2.13. The molecule has 126 valence electrons. The number of ether oxygens (including phenoxy) is 1. The highest BCUT2D eigenvalue weighted by atomic mass is 32.1. The number of carboxylic acids is 1. The van der Waals surface area contributed by atoms with Crippen molar-refractivity contribution in [3.05, 3.63) is 0 Å². The maximum Gasteiger partial charge on any atom is 0.302 e. The molecule has 0 aromatic rings. The minimum atomic E-state index is -0.833. The maximum absolute atomic E-state index is 9.87. The lowest BCUT2D eigenvalue weighted by molar-refractivity contribution is -0.142. The van der Waals surface area contributed by atoms with Gasteiger partial charge >= 0.3 is 5.97 Å². The Bertz CT molecular complexity index is 241. The first-order valence-corrected chi connectivity index (χ1v) is 4.55. The number of hydrogen-bond donors (Lipinski definition) is 2. The van der Waals surface area contributed by atoms with Crippen molar-refractivity contribution in [2.24, 2.45) is 0 Å². The Hall–Kier alpha value is -1.72. The Morgan fingerprint density at radius 3 is 1.19 bits per heavy atom. The van der Waals surface area contributed by atoms with Gasteiger partial charge in [0.1, 0.15) is 6.61 Å². The minimum absolute atomic E-state index is 0. The van der Waals surface area contributed by atoms with Crippen molar-refractivity contribution in [2.75, 3.05) is 13.2 Å². The van der Waals surface area contributed by atoms with Crippen LogP contribution < -0.4 is 0 Å². The molecule has 0 spiro atoms. The summed E-state index contributed by atoms with van der Waals surface area (Å²) in [7, 11) is 0. The first-order chi connectivity index (χ1) is 8.83. The number of esters is 1. The highest BCUT2D eigenvalue weighted by molar-refractivity contribution is 7.59. The van der Waals surface area contributed by atoms with Gasteiger partial charge in [0.25, 0.3) is 5.97 Å². The monoisotopic (exact) mass is 348 g/mol. The molecule has 0 aliphatic carbocycles. The van der Waals surface area contributed by atoms with E-state index < -0.39 is 5.97 Å². The van der Waals surface area contributed by atoms with Crippen molar-refractivity contribution in [1.29, 1.82) is 0 Å². The number of aldehydes is 4. The number of hydrogen-bond acceptors (Lipinski definition) is 8. The number of carbonyl (C=O) groups is 6. The molecule has 9 nitrogen and oxygen atoms in total. The third kappa shape index (κ3) is 264. The van der Waals surface area contributed by atoms with Crippen LogP contribution in [-0.4, -0.2) is 60.5 Å². The summed E-state index contributed by atoms with van der Waals surface area (Å²) in [4.78, 5) is 54.1. The Balaban J connectivity index is -0.0000000359. The van der Waals surface area contributed by atoms with Crippen molar-refractivity contribution >= 4 is 64.1 Å². The SMILES string of the molecule is CC(=O)O.CC(=O)OCCO.O=CC=O.O=CC=O.S.S. The van der Waals surface area contributed by atoms with Gasteiger partial charge in [-0.2, -0.15) is 27.0 Å². The van der Waals surface area contributed by atoms with Crippen molar-refractivity contribution in [3.63, 3.8) is 0 Å². The van der Waals surface area contributed by atoms with Crippen molar-refractivity contribution in [1.82, 2.24) is 0 Å². The second-order valence-electron chi connectivity index (χ2n) is 2.13. The number of carbonyl (C=O) groups excluding carboxylic acids is 5. The summed E-state index contributed by atoms with van der Waals surface area (Å²) >= 11 is 0. The zero-order chi connectivity index (χ0) is 16.1.